The third-order valence-corrected chi connectivity index (χ3v) is 6.01. The number of nitrogens with one attached hydrogen (secondary N) is 2. The molecule has 2 N–H and O–H groups in total. The second-order valence-electron chi connectivity index (χ2n) is 9.93. The van der Waals surface area contributed by atoms with Gasteiger partial charge in [0.25, 0.3) is 0 Å². The number of ether oxygens (including phenoxy) is 1. The molecule has 1 aliphatic heterocycles. The second-order valence-corrected chi connectivity index (χ2v) is 9.93. The molecular formula is C25H37N7O. The van der Waals surface area contributed by atoms with E-state index in [1.54, 1.807) is 0 Å². The van der Waals surface area contributed by atoms with E-state index >= 15 is 0 Å². The first-order valence-electron chi connectivity index (χ1n) is 11.9. The number of hydrogen-bond acceptors (Lipinski definition) is 7. The highest BCUT2D eigenvalue weighted by Crippen LogP contribution is 2.29. The van der Waals surface area contributed by atoms with Gasteiger partial charge in [0.15, 0.2) is 11.5 Å². The molecule has 0 aliphatic carbocycles. The lowest BCUT2D eigenvalue weighted by Crippen LogP contribution is -2.28. The van der Waals surface area contributed by atoms with Gasteiger partial charge in [0.05, 0.1) is 17.1 Å². The summed E-state index contributed by atoms with van der Waals surface area (Å²) in [6.45, 7) is 10.8. The standard InChI is InChI=1S/C25H37N7O/c1-25(2,3)32-24-21(16-27-32)23(28-20-9-13-33-14-10-20)29-22(30-24)19-8-6-7-18(15-19)17-31(5)12-11-26-4/h6-8,15-16,20,26H,9-14,17H2,1-5H3,(H,28,29,30). The van der Waals surface area contributed by atoms with Crippen molar-refractivity contribution < 1.29 is 4.74 Å². The zero-order chi connectivity index (χ0) is 23.4. The monoisotopic (exact) mass is 451 g/mol. The van der Waals surface area contributed by atoms with Crippen molar-refractivity contribution in [2.75, 3.05) is 45.7 Å². The van der Waals surface area contributed by atoms with E-state index in [2.05, 4.69) is 72.7 Å². The number of fused-ring (bicyclic) bond motifs is 1. The van der Waals surface area contributed by atoms with E-state index in [0.29, 0.717) is 6.04 Å². The Morgan fingerprint density at radius 2 is 1.97 bits per heavy atom. The molecule has 0 atom stereocenters. The molecule has 1 aliphatic rings. The average Bonchev–Trinajstić information content (AvgIpc) is 3.24. The number of likely N-dealkylation sites (N-methyl/N-ethyl adjacent to an activating group) is 2. The summed E-state index contributed by atoms with van der Waals surface area (Å²) in [4.78, 5) is 12.3. The smallest absolute Gasteiger partial charge is 0.164 e. The predicted molar refractivity (Wildman–Crippen MR) is 133 cm³/mol. The maximum absolute atomic E-state index is 5.54. The summed E-state index contributed by atoms with van der Waals surface area (Å²) in [5.41, 5.74) is 2.95. The summed E-state index contributed by atoms with van der Waals surface area (Å²) in [6, 6.07) is 8.89. The Hall–Kier alpha value is -2.55. The van der Waals surface area contributed by atoms with E-state index in [0.717, 1.165) is 73.9 Å². The normalized spacial score (nSPS) is 15.5. The van der Waals surface area contributed by atoms with E-state index in [9.17, 15) is 0 Å². The lowest BCUT2D eigenvalue weighted by molar-refractivity contribution is 0.0904. The van der Waals surface area contributed by atoms with Gasteiger partial charge < -0.3 is 20.3 Å². The van der Waals surface area contributed by atoms with Crippen LogP contribution in [0.4, 0.5) is 5.82 Å². The molecule has 2 aromatic heterocycles. The van der Waals surface area contributed by atoms with Gasteiger partial charge in [-0.2, -0.15) is 5.10 Å². The zero-order valence-electron chi connectivity index (χ0n) is 20.6. The molecule has 8 heteroatoms. The van der Waals surface area contributed by atoms with Crippen molar-refractivity contribution in [3.05, 3.63) is 36.0 Å². The zero-order valence-corrected chi connectivity index (χ0v) is 20.6. The fourth-order valence-electron chi connectivity index (χ4n) is 4.18. The van der Waals surface area contributed by atoms with Gasteiger partial charge in [0.1, 0.15) is 5.82 Å². The Labute approximate surface area is 196 Å². The number of aromatic nitrogens is 4. The van der Waals surface area contributed by atoms with E-state index in [1.807, 2.05) is 17.9 Å². The van der Waals surface area contributed by atoms with Gasteiger partial charge in [0.2, 0.25) is 0 Å². The third-order valence-electron chi connectivity index (χ3n) is 6.01. The maximum Gasteiger partial charge on any atom is 0.164 e. The fraction of sp³-hybridized carbons (Fsp3) is 0.560. The van der Waals surface area contributed by atoms with Gasteiger partial charge in [-0.3, -0.25) is 0 Å². The van der Waals surface area contributed by atoms with Crippen LogP contribution in [0, 0.1) is 0 Å². The Kier molecular flexibility index (Phi) is 7.26. The molecule has 4 rings (SSSR count). The number of rotatable bonds is 8. The molecule has 8 nitrogen and oxygen atoms in total. The SMILES string of the molecule is CNCCN(C)Cc1cccc(-c2nc(NC3CCOCC3)c3cnn(C(C)(C)C)c3n2)c1. The van der Waals surface area contributed by atoms with Crippen LogP contribution in [-0.4, -0.2) is 71.1 Å². The molecule has 0 unspecified atom stereocenters. The van der Waals surface area contributed by atoms with Crippen LogP contribution in [0.25, 0.3) is 22.4 Å². The second kappa shape index (κ2) is 10.2. The van der Waals surface area contributed by atoms with Crippen LogP contribution in [0.2, 0.25) is 0 Å². The van der Waals surface area contributed by atoms with E-state index in [-0.39, 0.29) is 5.54 Å². The van der Waals surface area contributed by atoms with Gasteiger partial charge in [-0.1, -0.05) is 18.2 Å². The molecule has 3 heterocycles. The minimum absolute atomic E-state index is 0.179. The van der Waals surface area contributed by atoms with Crippen molar-refractivity contribution >= 4 is 16.9 Å². The van der Waals surface area contributed by atoms with Gasteiger partial charge >= 0.3 is 0 Å². The summed E-state index contributed by atoms with van der Waals surface area (Å²) in [5, 5.41) is 12.5. The van der Waals surface area contributed by atoms with Gasteiger partial charge in [0, 0.05) is 44.5 Å². The summed E-state index contributed by atoms with van der Waals surface area (Å²) in [6.07, 6.45) is 3.84. The van der Waals surface area contributed by atoms with E-state index in [4.69, 9.17) is 14.7 Å². The quantitative estimate of drug-likeness (QED) is 0.543. The number of anilines is 1. The molecule has 0 amide bonds. The largest absolute Gasteiger partial charge is 0.381 e. The van der Waals surface area contributed by atoms with Crippen LogP contribution in [0.15, 0.2) is 30.5 Å². The minimum atomic E-state index is -0.179. The Morgan fingerprint density at radius 3 is 2.70 bits per heavy atom. The highest BCUT2D eigenvalue weighted by Gasteiger charge is 2.23. The van der Waals surface area contributed by atoms with Crippen molar-refractivity contribution in [1.29, 1.82) is 0 Å². The van der Waals surface area contributed by atoms with Crippen molar-refractivity contribution in [2.24, 2.45) is 0 Å². The summed E-state index contributed by atoms with van der Waals surface area (Å²) < 4.78 is 7.54. The van der Waals surface area contributed by atoms with Crippen LogP contribution in [0.1, 0.15) is 39.2 Å². The fourth-order valence-corrected chi connectivity index (χ4v) is 4.18. The minimum Gasteiger partial charge on any atom is -0.381 e. The number of nitrogens with zero attached hydrogens (tertiary/aromatic N) is 5. The molecule has 0 bridgehead atoms. The van der Waals surface area contributed by atoms with E-state index < -0.39 is 0 Å². The Morgan fingerprint density at radius 1 is 1.18 bits per heavy atom. The van der Waals surface area contributed by atoms with Gasteiger partial charge in [-0.25, -0.2) is 14.6 Å². The maximum atomic E-state index is 5.54. The molecule has 1 aromatic carbocycles. The third kappa shape index (κ3) is 5.69. The van der Waals surface area contributed by atoms with E-state index in [1.165, 1.54) is 5.56 Å². The van der Waals surface area contributed by atoms with Crippen LogP contribution >= 0.6 is 0 Å². The molecule has 0 spiro atoms. The Balaban J connectivity index is 1.71. The first kappa shape index (κ1) is 23.6. The number of hydrogen-bond donors (Lipinski definition) is 2. The molecule has 0 saturated carbocycles. The average molecular weight is 452 g/mol. The highest BCUT2D eigenvalue weighted by atomic mass is 16.5. The van der Waals surface area contributed by atoms with Gasteiger partial charge in [-0.15, -0.1) is 0 Å². The molecule has 1 fully saturated rings. The Bertz CT molecular complexity index is 1070. The van der Waals surface area contributed by atoms with Gasteiger partial charge in [-0.05, 0) is 59.3 Å². The topological polar surface area (TPSA) is 80.1 Å². The van der Waals surface area contributed by atoms with Crippen molar-refractivity contribution in [1.82, 2.24) is 30.0 Å². The first-order chi connectivity index (χ1) is 15.8. The van der Waals surface area contributed by atoms with Crippen LogP contribution in [0.3, 0.4) is 0 Å². The first-order valence-corrected chi connectivity index (χ1v) is 11.9. The molecule has 178 valence electrons. The molecule has 3 aromatic rings. The van der Waals surface area contributed by atoms with Crippen LogP contribution in [0.5, 0.6) is 0 Å². The summed E-state index contributed by atoms with van der Waals surface area (Å²) >= 11 is 0. The molecule has 33 heavy (non-hydrogen) atoms. The predicted octanol–water partition coefficient (Wildman–Crippen LogP) is 3.49. The number of benzene rings is 1. The molecule has 1 saturated heterocycles. The molecule has 0 radical (unpaired) electrons. The van der Waals surface area contributed by atoms with Crippen LogP contribution in [-0.2, 0) is 16.8 Å². The summed E-state index contributed by atoms with van der Waals surface area (Å²) in [7, 11) is 4.13. The lowest BCUT2D eigenvalue weighted by Gasteiger charge is -2.24. The molecular weight excluding hydrogens is 414 g/mol. The highest BCUT2D eigenvalue weighted by molar-refractivity contribution is 5.88. The summed E-state index contributed by atoms with van der Waals surface area (Å²) in [5.74, 6) is 1.58. The lowest BCUT2D eigenvalue weighted by atomic mass is 10.1. The van der Waals surface area contributed by atoms with Crippen molar-refractivity contribution in [3.63, 3.8) is 0 Å². The van der Waals surface area contributed by atoms with Crippen molar-refractivity contribution in [3.8, 4) is 11.4 Å². The van der Waals surface area contributed by atoms with Crippen molar-refractivity contribution in [2.45, 2.75) is 51.7 Å². The van der Waals surface area contributed by atoms with Crippen LogP contribution < -0.4 is 10.6 Å².